The molecular formula is C62H116N2O19. The number of carboxylic acid groups (broad SMARTS) is 1. The second-order valence-corrected chi connectivity index (χ2v) is 23.0. The molecule has 0 radical (unpaired) electrons. The second-order valence-electron chi connectivity index (χ2n) is 23.0. The zero-order valence-electron chi connectivity index (χ0n) is 52.6. The van der Waals surface area contributed by atoms with Gasteiger partial charge in [0, 0.05) is 57.3 Å². The van der Waals surface area contributed by atoms with Crippen LogP contribution in [0.2, 0.25) is 0 Å². The number of amides is 2. The number of hydrogen-bond donors (Lipinski definition) is 3. The highest BCUT2D eigenvalue weighted by molar-refractivity contribution is 5.85. The highest BCUT2D eigenvalue weighted by Crippen LogP contribution is 2.20. The first-order valence-electron chi connectivity index (χ1n) is 31.3. The summed E-state index contributed by atoms with van der Waals surface area (Å²) in [7, 11) is 0. The number of carbonyl (C=O) groups excluding carboxylic acids is 5. The quantitative estimate of drug-likeness (QED) is 0.0484. The predicted octanol–water partition coefficient (Wildman–Crippen LogP) is 8.25. The zero-order chi connectivity index (χ0) is 61.2. The van der Waals surface area contributed by atoms with Crippen molar-refractivity contribution in [3.63, 3.8) is 0 Å². The zero-order valence-corrected chi connectivity index (χ0v) is 52.6. The molecule has 0 aromatic heterocycles. The van der Waals surface area contributed by atoms with E-state index in [1.165, 1.54) is 51.4 Å². The van der Waals surface area contributed by atoms with Crippen LogP contribution in [0.1, 0.15) is 183 Å². The van der Waals surface area contributed by atoms with Crippen LogP contribution in [-0.2, 0) is 85.6 Å². The number of carboxylic acids is 1. The smallest absolute Gasteiger partial charge is 0.326 e. The number of Topliss-reactive ketones (excluding diaryl/α,β-unsaturated/α-hetero) is 3. The van der Waals surface area contributed by atoms with Gasteiger partial charge in [-0.1, -0.05) is 119 Å². The lowest BCUT2D eigenvalue weighted by molar-refractivity contribution is -0.142. The van der Waals surface area contributed by atoms with E-state index in [2.05, 4.69) is 31.4 Å². The lowest BCUT2D eigenvalue weighted by atomic mass is 9.88. The number of hydrogen-bond acceptors (Lipinski definition) is 18. The summed E-state index contributed by atoms with van der Waals surface area (Å²) in [4.78, 5) is 72.7. The number of ether oxygens (including phenoxy) is 12. The maximum atomic E-state index is 12.4. The molecule has 0 bridgehead atoms. The Labute approximate surface area is 499 Å². The minimum Gasteiger partial charge on any atom is -0.480 e. The van der Waals surface area contributed by atoms with Crippen LogP contribution in [0, 0.1) is 10.8 Å². The monoisotopic (exact) mass is 1190 g/mol. The molecule has 1 atom stereocenters. The van der Waals surface area contributed by atoms with Crippen molar-refractivity contribution in [2.75, 3.05) is 165 Å². The summed E-state index contributed by atoms with van der Waals surface area (Å²) in [6.07, 6.45) is 18.6. The van der Waals surface area contributed by atoms with Gasteiger partial charge in [0.05, 0.1) is 132 Å². The molecule has 0 aliphatic rings. The standard InChI is InChI=1S/C62H116N2O19/c1-61(2,3)53-83-50-47-80-44-43-79-42-41-78-40-39-77-38-37-76-36-35-75-34-33-72-31-22-24-55(66)51-81-48-46-74-32-29-63-59(69)52-82-49-45-73-30-21-23-54(65)27-28-56(60(70)71)64-58(68)26-20-18-16-14-12-10-8-7-9-11-13-15-17-19-25-57(67)62(4,5)6/h56H,7-53H2,1-6H3,(H,63,69)(H,64,68)(H,70,71)/t56-/m0/s1. The van der Waals surface area contributed by atoms with Gasteiger partial charge < -0.3 is 72.6 Å². The summed E-state index contributed by atoms with van der Waals surface area (Å²) in [5.74, 6) is -1.51. The number of carbonyl (C=O) groups is 6. The number of rotatable bonds is 65. The Morgan fingerprint density at radius 2 is 0.699 bits per heavy atom. The number of unbranched alkanes of at least 4 members (excludes halogenated alkanes) is 13. The maximum Gasteiger partial charge on any atom is 0.326 e. The van der Waals surface area contributed by atoms with E-state index in [9.17, 15) is 33.9 Å². The average Bonchev–Trinajstić information content (AvgIpc) is 3.44. The van der Waals surface area contributed by atoms with Crippen LogP contribution in [0.5, 0.6) is 0 Å². The molecule has 0 aromatic rings. The Kier molecular flexibility index (Phi) is 55.8. The van der Waals surface area contributed by atoms with E-state index in [0.717, 1.165) is 32.1 Å². The highest BCUT2D eigenvalue weighted by Gasteiger charge is 2.22. The molecule has 0 heterocycles. The van der Waals surface area contributed by atoms with Crippen molar-refractivity contribution in [3.05, 3.63) is 0 Å². The predicted molar refractivity (Wildman–Crippen MR) is 318 cm³/mol. The molecular weight excluding hydrogens is 1080 g/mol. The lowest BCUT2D eigenvalue weighted by Crippen LogP contribution is -2.41. The van der Waals surface area contributed by atoms with E-state index in [1.54, 1.807) is 0 Å². The van der Waals surface area contributed by atoms with E-state index in [-0.39, 0.29) is 113 Å². The normalized spacial score (nSPS) is 12.2. The van der Waals surface area contributed by atoms with Gasteiger partial charge in [0.1, 0.15) is 30.8 Å². The van der Waals surface area contributed by atoms with Crippen LogP contribution in [0.15, 0.2) is 0 Å². The van der Waals surface area contributed by atoms with Gasteiger partial charge >= 0.3 is 5.97 Å². The molecule has 0 unspecified atom stereocenters. The maximum absolute atomic E-state index is 12.4. The number of ketones is 3. The number of nitrogens with one attached hydrogen (secondary N) is 2. The van der Waals surface area contributed by atoms with Gasteiger partial charge in [-0.2, -0.15) is 0 Å². The lowest BCUT2D eigenvalue weighted by Gasteiger charge is -2.17. The summed E-state index contributed by atoms with van der Waals surface area (Å²) in [5, 5.41) is 14.9. The van der Waals surface area contributed by atoms with Crippen molar-refractivity contribution in [2.24, 2.45) is 10.8 Å². The molecule has 21 nitrogen and oxygen atoms in total. The van der Waals surface area contributed by atoms with Crippen molar-refractivity contribution in [3.8, 4) is 0 Å². The third-order valence-electron chi connectivity index (χ3n) is 12.7. The van der Waals surface area contributed by atoms with Crippen LogP contribution in [-0.4, -0.2) is 211 Å². The van der Waals surface area contributed by atoms with Crippen LogP contribution in [0.25, 0.3) is 0 Å². The molecule has 488 valence electrons. The molecule has 0 aromatic carbocycles. The van der Waals surface area contributed by atoms with Crippen LogP contribution in [0.3, 0.4) is 0 Å². The first kappa shape index (κ1) is 79.9. The molecule has 0 saturated heterocycles. The van der Waals surface area contributed by atoms with Gasteiger partial charge in [0.15, 0.2) is 5.78 Å². The van der Waals surface area contributed by atoms with Gasteiger partial charge in [-0.05, 0) is 37.5 Å². The van der Waals surface area contributed by atoms with E-state index in [1.807, 2.05) is 20.8 Å². The van der Waals surface area contributed by atoms with E-state index >= 15 is 0 Å². The molecule has 0 rings (SSSR count). The summed E-state index contributed by atoms with van der Waals surface area (Å²) >= 11 is 0. The first-order valence-corrected chi connectivity index (χ1v) is 31.3. The molecule has 0 aliphatic carbocycles. The summed E-state index contributed by atoms with van der Waals surface area (Å²) in [6.45, 7) is 22.1. The third-order valence-corrected chi connectivity index (χ3v) is 12.7. The third kappa shape index (κ3) is 61.8. The van der Waals surface area contributed by atoms with Gasteiger partial charge in [-0.25, -0.2) is 4.79 Å². The van der Waals surface area contributed by atoms with Gasteiger partial charge in [-0.3, -0.25) is 24.0 Å². The molecule has 0 saturated carbocycles. The largest absolute Gasteiger partial charge is 0.480 e. The fourth-order valence-electron chi connectivity index (χ4n) is 7.86. The Morgan fingerprint density at radius 3 is 1.11 bits per heavy atom. The average molecular weight is 1190 g/mol. The Bertz CT molecular complexity index is 1560. The topological polar surface area (TPSA) is 257 Å². The molecule has 0 spiro atoms. The van der Waals surface area contributed by atoms with Gasteiger partial charge in [-0.15, -0.1) is 0 Å². The fourth-order valence-corrected chi connectivity index (χ4v) is 7.86. The molecule has 21 heteroatoms. The molecule has 2 amide bonds. The Hall–Kier alpha value is -3.06. The van der Waals surface area contributed by atoms with Crippen LogP contribution >= 0.6 is 0 Å². The van der Waals surface area contributed by atoms with Crippen molar-refractivity contribution in [2.45, 2.75) is 189 Å². The summed E-state index contributed by atoms with van der Waals surface area (Å²) < 4.78 is 65.7. The van der Waals surface area contributed by atoms with Crippen LogP contribution in [0.4, 0.5) is 0 Å². The Morgan fingerprint density at radius 1 is 0.349 bits per heavy atom. The molecule has 0 aliphatic heterocycles. The second kappa shape index (κ2) is 58.0. The minimum absolute atomic E-state index is 0.00414. The SMILES string of the molecule is CC(C)(C)COCCOCCOCCOCCOCCOCCOCCOCCCC(=O)COCCOCCNC(=O)COCCOCCCC(=O)CC[C@H](NC(=O)CCCCCCCCCCCCCCCCC(=O)C(C)(C)C)C(=O)O. The summed E-state index contributed by atoms with van der Waals surface area (Å²) in [6, 6.07) is -1.10. The van der Waals surface area contributed by atoms with Gasteiger partial charge in [0.25, 0.3) is 0 Å². The van der Waals surface area contributed by atoms with Crippen LogP contribution < -0.4 is 10.6 Å². The van der Waals surface area contributed by atoms with E-state index < -0.39 is 12.0 Å². The van der Waals surface area contributed by atoms with Crippen molar-refractivity contribution >= 4 is 35.1 Å². The van der Waals surface area contributed by atoms with E-state index in [0.29, 0.717) is 150 Å². The number of aliphatic carboxylic acids is 1. The highest BCUT2D eigenvalue weighted by atomic mass is 16.6. The fraction of sp³-hybridized carbons (Fsp3) is 0.903. The molecule has 3 N–H and O–H groups in total. The van der Waals surface area contributed by atoms with Crippen molar-refractivity contribution in [1.29, 1.82) is 0 Å². The van der Waals surface area contributed by atoms with Crippen molar-refractivity contribution < 1.29 is 90.7 Å². The summed E-state index contributed by atoms with van der Waals surface area (Å²) in [5.41, 5.74) is -0.0591. The molecule has 83 heavy (non-hydrogen) atoms. The van der Waals surface area contributed by atoms with Gasteiger partial charge in [0.2, 0.25) is 11.8 Å². The Balaban J connectivity index is 3.50. The van der Waals surface area contributed by atoms with E-state index in [4.69, 9.17) is 56.8 Å². The minimum atomic E-state index is -1.15. The van der Waals surface area contributed by atoms with Crippen molar-refractivity contribution in [1.82, 2.24) is 10.6 Å². The molecule has 0 fully saturated rings. The first-order chi connectivity index (χ1) is 40.0.